The second kappa shape index (κ2) is 17.6. The Morgan fingerprint density at radius 2 is 1.48 bits per heavy atom. The van der Waals surface area contributed by atoms with Crippen LogP contribution in [0.15, 0.2) is 108 Å². The summed E-state index contributed by atoms with van der Waals surface area (Å²) in [5, 5.41) is 6.02. The van der Waals surface area contributed by atoms with Crippen molar-refractivity contribution in [2.24, 2.45) is 7.05 Å². The molecule has 1 saturated heterocycles. The Morgan fingerprint density at radius 3 is 2.15 bits per heavy atom. The summed E-state index contributed by atoms with van der Waals surface area (Å²) in [5.74, 6) is -1.78. The van der Waals surface area contributed by atoms with Crippen LogP contribution in [0, 0.1) is 0 Å². The molecule has 0 bridgehead atoms. The third-order valence-corrected chi connectivity index (χ3v) is 10.00. The minimum Gasteiger partial charge on any atom is -0.464 e. The number of benzene rings is 3. The lowest BCUT2D eigenvalue weighted by atomic mass is 9.62. The SMILES string of the molecule is CCOC(=O)[C@@H](NC(=O)[C@@]1(c2ccccc2)CC[C@H](C(=O)N2CCC(NC(=O)c3cccn(C)c3=O)CC2)c2ccccc21)c1ccccc1.S.S. The second-order valence-corrected chi connectivity index (χ2v) is 12.9. The summed E-state index contributed by atoms with van der Waals surface area (Å²) in [7, 11) is 1.61. The fourth-order valence-corrected chi connectivity index (χ4v) is 7.39. The maximum Gasteiger partial charge on any atom is 0.333 e. The summed E-state index contributed by atoms with van der Waals surface area (Å²) in [6.07, 6.45) is 3.49. The van der Waals surface area contributed by atoms with E-state index in [-0.39, 0.29) is 62.6 Å². The molecule has 4 aromatic rings. The molecule has 10 nitrogen and oxygen atoms in total. The van der Waals surface area contributed by atoms with E-state index in [1.165, 1.54) is 10.6 Å². The minimum atomic E-state index is -1.17. The molecular formula is C40H46N4O6S2. The lowest BCUT2D eigenvalue weighted by Gasteiger charge is -2.43. The molecule has 2 aliphatic rings. The van der Waals surface area contributed by atoms with Crippen LogP contribution in [0.3, 0.4) is 0 Å². The summed E-state index contributed by atoms with van der Waals surface area (Å²) in [5.41, 5.74) is 1.48. The van der Waals surface area contributed by atoms with Gasteiger partial charge in [-0.3, -0.25) is 19.2 Å². The van der Waals surface area contributed by atoms with Crippen LogP contribution in [0.1, 0.15) is 77.2 Å². The van der Waals surface area contributed by atoms with Gasteiger partial charge in [0.15, 0.2) is 6.04 Å². The molecule has 2 heterocycles. The smallest absolute Gasteiger partial charge is 0.333 e. The molecule has 52 heavy (non-hydrogen) atoms. The van der Waals surface area contributed by atoms with Gasteiger partial charge in [0.25, 0.3) is 11.5 Å². The van der Waals surface area contributed by atoms with Gasteiger partial charge in [-0.15, -0.1) is 0 Å². The summed E-state index contributed by atoms with van der Waals surface area (Å²) >= 11 is 0. The fraction of sp³-hybridized carbons (Fsp3) is 0.325. The number of aryl methyl sites for hydroxylation is 1. The Kier molecular flexibility index (Phi) is 13.5. The number of aromatic nitrogens is 1. The zero-order valence-corrected chi connectivity index (χ0v) is 31.3. The molecule has 1 aliphatic carbocycles. The molecule has 0 spiro atoms. The summed E-state index contributed by atoms with van der Waals surface area (Å²) in [6.45, 7) is 2.81. The van der Waals surface area contributed by atoms with Crippen molar-refractivity contribution < 1.29 is 23.9 Å². The van der Waals surface area contributed by atoms with Crippen LogP contribution in [-0.4, -0.2) is 58.9 Å². The van der Waals surface area contributed by atoms with Gasteiger partial charge in [0.2, 0.25) is 11.8 Å². The van der Waals surface area contributed by atoms with E-state index < -0.39 is 29.3 Å². The average Bonchev–Trinajstić information content (AvgIpc) is 3.15. The van der Waals surface area contributed by atoms with Gasteiger partial charge in [-0.1, -0.05) is 84.9 Å². The predicted molar refractivity (Wildman–Crippen MR) is 209 cm³/mol. The summed E-state index contributed by atoms with van der Waals surface area (Å²) < 4.78 is 6.76. The van der Waals surface area contributed by atoms with E-state index in [4.69, 9.17) is 4.74 Å². The fourth-order valence-electron chi connectivity index (χ4n) is 7.39. The molecule has 0 radical (unpaired) electrons. The number of ether oxygens (including phenoxy) is 1. The van der Waals surface area contributed by atoms with Gasteiger partial charge in [-0.25, -0.2) is 4.79 Å². The number of nitrogens with one attached hydrogen (secondary N) is 2. The maximum atomic E-state index is 14.8. The first-order valence-corrected chi connectivity index (χ1v) is 17.2. The lowest BCUT2D eigenvalue weighted by molar-refractivity contribution is -0.148. The molecule has 3 aromatic carbocycles. The first-order valence-electron chi connectivity index (χ1n) is 17.2. The lowest BCUT2D eigenvalue weighted by Crippen LogP contribution is -2.52. The predicted octanol–water partition coefficient (Wildman–Crippen LogP) is 4.62. The van der Waals surface area contributed by atoms with E-state index in [0.29, 0.717) is 44.3 Å². The van der Waals surface area contributed by atoms with Crippen molar-refractivity contribution >= 4 is 50.7 Å². The molecule has 6 rings (SSSR count). The number of rotatable bonds is 9. The molecule has 0 unspecified atom stereocenters. The molecule has 2 N–H and O–H groups in total. The zero-order valence-electron chi connectivity index (χ0n) is 29.3. The third kappa shape index (κ3) is 7.98. The average molecular weight is 743 g/mol. The number of fused-ring (bicyclic) bond motifs is 1. The van der Waals surface area contributed by atoms with Gasteiger partial charge < -0.3 is 24.8 Å². The highest BCUT2D eigenvalue weighted by Gasteiger charge is 2.50. The van der Waals surface area contributed by atoms with E-state index in [9.17, 15) is 24.0 Å². The van der Waals surface area contributed by atoms with Crippen LogP contribution in [0.25, 0.3) is 0 Å². The van der Waals surface area contributed by atoms with Gasteiger partial charge >= 0.3 is 5.97 Å². The second-order valence-electron chi connectivity index (χ2n) is 12.9. The Bertz CT molecular complexity index is 1930. The van der Waals surface area contributed by atoms with Crippen LogP contribution in [0.5, 0.6) is 0 Å². The zero-order chi connectivity index (χ0) is 35.3. The van der Waals surface area contributed by atoms with E-state index in [1.54, 1.807) is 38.4 Å². The Hall–Kier alpha value is -4.81. The van der Waals surface area contributed by atoms with Gasteiger partial charge in [0, 0.05) is 32.4 Å². The van der Waals surface area contributed by atoms with Crippen molar-refractivity contribution in [2.45, 2.75) is 56.0 Å². The van der Waals surface area contributed by atoms with Gasteiger partial charge in [0.05, 0.1) is 17.9 Å². The van der Waals surface area contributed by atoms with E-state index >= 15 is 0 Å². The van der Waals surface area contributed by atoms with Crippen LogP contribution < -0.4 is 16.2 Å². The number of amides is 3. The third-order valence-electron chi connectivity index (χ3n) is 10.00. The largest absolute Gasteiger partial charge is 0.464 e. The van der Waals surface area contributed by atoms with Crippen molar-refractivity contribution in [1.29, 1.82) is 0 Å². The van der Waals surface area contributed by atoms with E-state index in [1.807, 2.05) is 77.7 Å². The molecule has 1 aliphatic heterocycles. The highest BCUT2D eigenvalue weighted by atomic mass is 32.1. The number of hydrogen-bond acceptors (Lipinski definition) is 6. The topological polar surface area (TPSA) is 127 Å². The van der Waals surface area contributed by atoms with Crippen LogP contribution in [-0.2, 0) is 31.6 Å². The first-order chi connectivity index (χ1) is 24.2. The van der Waals surface area contributed by atoms with Crippen molar-refractivity contribution in [3.8, 4) is 0 Å². The Labute approximate surface area is 317 Å². The summed E-state index contributed by atoms with van der Waals surface area (Å²) in [4.78, 5) is 69.3. The molecule has 3 amide bonds. The molecule has 274 valence electrons. The number of pyridine rings is 1. The Morgan fingerprint density at radius 1 is 0.846 bits per heavy atom. The number of esters is 1. The Balaban J connectivity index is 0.00000302. The first kappa shape index (κ1) is 40.0. The monoisotopic (exact) mass is 742 g/mol. The quantitative estimate of drug-likeness (QED) is 0.241. The summed E-state index contributed by atoms with van der Waals surface area (Å²) in [6, 6.07) is 28.2. The number of nitrogens with zero attached hydrogens (tertiary/aromatic N) is 2. The van der Waals surface area contributed by atoms with Crippen molar-refractivity contribution in [3.63, 3.8) is 0 Å². The number of hydrogen-bond donors (Lipinski definition) is 2. The van der Waals surface area contributed by atoms with Gasteiger partial charge in [-0.2, -0.15) is 27.0 Å². The number of carbonyl (C=O) groups is 4. The van der Waals surface area contributed by atoms with E-state index in [0.717, 1.165) is 16.7 Å². The molecular weight excluding hydrogens is 697 g/mol. The van der Waals surface area contributed by atoms with Crippen LogP contribution in [0.2, 0.25) is 0 Å². The molecule has 3 atom stereocenters. The number of likely N-dealkylation sites (tertiary alicyclic amines) is 1. The minimum absolute atomic E-state index is 0. The molecule has 1 aromatic heterocycles. The molecule has 0 saturated carbocycles. The van der Waals surface area contributed by atoms with E-state index in [2.05, 4.69) is 10.6 Å². The highest BCUT2D eigenvalue weighted by molar-refractivity contribution is 7.59. The normalized spacial score (nSPS) is 18.7. The van der Waals surface area contributed by atoms with Crippen molar-refractivity contribution in [1.82, 2.24) is 20.1 Å². The van der Waals surface area contributed by atoms with Crippen molar-refractivity contribution in [3.05, 3.63) is 141 Å². The molecule has 12 heteroatoms. The number of carbonyl (C=O) groups excluding carboxylic acids is 4. The molecule has 1 fully saturated rings. The maximum absolute atomic E-state index is 14.8. The standard InChI is InChI=1S/C40H42N4O6.2H2S/c1-3-50-38(48)34(27-13-6-4-7-14-27)42-39(49)40(28-15-8-5-9-16-28)23-20-31(30-17-10-11-19-33(30)40)37(47)44-25-21-29(22-26-44)41-35(45)32-18-12-24-43(2)36(32)46;;/h4-19,24,29,31,34H,3,20-23,25-26H2,1-2H3,(H,41,45)(H,42,49);2*1H2/t31-,34-,40+;;/m0../s1. The highest BCUT2D eigenvalue weighted by Crippen LogP contribution is 2.48. The van der Waals surface area contributed by atoms with Crippen LogP contribution >= 0.6 is 27.0 Å². The van der Waals surface area contributed by atoms with Gasteiger partial charge in [-0.05, 0) is 67.0 Å². The van der Waals surface area contributed by atoms with Gasteiger partial charge in [0.1, 0.15) is 5.56 Å². The number of piperidine rings is 1. The van der Waals surface area contributed by atoms with Crippen molar-refractivity contribution in [2.75, 3.05) is 19.7 Å². The van der Waals surface area contributed by atoms with Crippen LogP contribution in [0.4, 0.5) is 0 Å².